The van der Waals surface area contributed by atoms with Crippen LogP contribution in [0.15, 0.2) is 12.4 Å². The largest absolute Gasteiger partial charge is 0.336 e. The Morgan fingerprint density at radius 3 is 3.00 bits per heavy atom. The molecule has 2 rings (SSSR count). The monoisotopic (exact) mass is 179 g/mol. The molecule has 72 valence electrons. The highest BCUT2D eigenvalue weighted by Gasteiger charge is 2.36. The maximum Gasteiger partial charge on any atom is 0.128 e. The smallest absolute Gasteiger partial charge is 0.128 e. The van der Waals surface area contributed by atoms with Gasteiger partial charge in [0.1, 0.15) is 5.82 Å². The van der Waals surface area contributed by atoms with Crippen LogP contribution in [0.5, 0.6) is 0 Å². The van der Waals surface area contributed by atoms with Crippen molar-refractivity contribution in [3.63, 3.8) is 0 Å². The van der Waals surface area contributed by atoms with E-state index in [1.807, 2.05) is 12.4 Å². The van der Waals surface area contributed by atoms with Gasteiger partial charge in [-0.15, -0.1) is 0 Å². The summed E-state index contributed by atoms with van der Waals surface area (Å²) in [5.41, 5.74) is 0.151. The van der Waals surface area contributed by atoms with Gasteiger partial charge in [0.05, 0.1) is 5.54 Å². The third-order valence-corrected chi connectivity index (χ3v) is 3.10. The third kappa shape index (κ3) is 1.27. The van der Waals surface area contributed by atoms with Crippen LogP contribution in [0.4, 0.5) is 0 Å². The first-order valence-corrected chi connectivity index (χ1v) is 5.01. The van der Waals surface area contributed by atoms with E-state index in [0.29, 0.717) is 0 Å². The zero-order valence-corrected chi connectivity index (χ0v) is 8.38. The fraction of sp³-hybridized carbons (Fsp3) is 0.700. The van der Waals surface area contributed by atoms with E-state index in [1.54, 1.807) is 0 Å². The second kappa shape index (κ2) is 3.14. The number of nitrogens with one attached hydrogen (secondary N) is 1. The van der Waals surface area contributed by atoms with E-state index in [9.17, 15) is 0 Å². The fourth-order valence-corrected chi connectivity index (χ4v) is 2.28. The average molecular weight is 179 g/mol. The topological polar surface area (TPSA) is 29.9 Å². The molecule has 0 radical (unpaired) electrons. The number of aromatic nitrogens is 2. The Morgan fingerprint density at radius 2 is 2.54 bits per heavy atom. The molecule has 1 saturated heterocycles. The Morgan fingerprint density at radius 1 is 1.69 bits per heavy atom. The summed E-state index contributed by atoms with van der Waals surface area (Å²) < 4.78 is 2.13. The quantitative estimate of drug-likeness (QED) is 0.744. The molecule has 13 heavy (non-hydrogen) atoms. The maximum absolute atomic E-state index is 4.44. The molecule has 1 N–H and O–H groups in total. The molecule has 1 unspecified atom stereocenters. The van der Waals surface area contributed by atoms with Gasteiger partial charge in [-0.05, 0) is 25.8 Å². The summed E-state index contributed by atoms with van der Waals surface area (Å²) in [6.07, 6.45) is 7.51. The van der Waals surface area contributed by atoms with Crippen molar-refractivity contribution in [1.82, 2.24) is 14.9 Å². The highest BCUT2D eigenvalue weighted by atomic mass is 15.1. The number of nitrogens with zero attached hydrogens (tertiary/aromatic N) is 2. The van der Waals surface area contributed by atoms with Gasteiger partial charge in [0.25, 0.3) is 0 Å². The second-order valence-corrected chi connectivity index (χ2v) is 3.83. The van der Waals surface area contributed by atoms with Crippen molar-refractivity contribution < 1.29 is 0 Å². The molecule has 3 heteroatoms. The lowest BCUT2D eigenvalue weighted by Gasteiger charge is -2.27. The summed E-state index contributed by atoms with van der Waals surface area (Å²) in [6, 6.07) is 0. The minimum Gasteiger partial charge on any atom is -0.336 e. The van der Waals surface area contributed by atoms with Gasteiger partial charge in [-0.3, -0.25) is 0 Å². The molecule has 2 heterocycles. The Balaban J connectivity index is 2.36. The molecule has 1 aromatic rings. The molecule has 0 aliphatic carbocycles. The van der Waals surface area contributed by atoms with Crippen LogP contribution in [0.2, 0.25) is 0 Å². The van der Waals surface area contributed by atoms with Crippen LogP contribution in [0.25, 0.3) is 0 Å². The SMILES string of the molecule is CCC1(c2nccn2C)CCCN1. The first kappa shape index (κ1) is 8.75. The summed E-state index contributed by atoms with van der Waals surface area (Å²) in [4.78, 5) is 4.44. The Labute approximate surface area is 79.2 Å². The van der Waals surface area contributed by atoms with Crippen molar-refractivity contribution in [3.05, 3.63) is 18.2 Å². The van der Waals surface area contributed by atoms with Crippen molar-refractivity contribution in [2.45, 2.75) is 31.7 Å². The lowest BCUT2D eigenvalue weighted by molar-refractivity contribution is 0.343. The van der Waals surface area contributed by atoms with E-state index in [1.165, 1.54) is 18.7 Å². The van der Waals surface area contributed by atoms with Crippen LogP contribution < -0.4 is 5.32 Å². The van der Waals surface area contributed by atoms with Gasteiger partial charge in [-0.1, -0.05) is 6.92 Å². The molecule has 1 fully saturated rings. The number of hydrogen-bond donors (Lipinski definition) is 1. The molecule has 0 amide bonds. The van der Waals surface area contributed by atoms with E-state index in [2.05, 4.69) is 28.8 Å². The first-order chi connectivity index (χ1) is 6.28. The van der Waals surface area contributed by atoms with E-state index < -0.39 is 0 Å². The van der Waals surface area contributed by atoms with Crippen molar-refractivity contribution >= 4 is 0 Å². The van der Waals surface area contributed by atoms with Crippen LogP contribution in [0, 0.1) is 0 Å². The van der Waals surface area contributed by atoms with Crippen molar-refractivity contribution in [2.24, 2.45) is 7.05 Å². The van der Waals surface area contributed by atoms with Crippen LogP contribution in [0.3, 0.4) is 0 Å². The zero-order chi connectivity index (χ0) is 9.31. The Bertz CT molecular complexity index is 284. The van der Waals surface area contributed by atoms with Crippen LogP contribution in [0.1, 0.15) is 32.0 Å². The Hall–Kier alpha value is -0.830. The first-order valence-electron chi connectivity index (χ1n) is 5.01. The van der Waals surface area contributed by atoms with Crippen LogP contribution in [-0.4, -0.2) is 16.1 Å². The molecule has 0 saturated carbocycles. The highest BCUT2D eigenvalue weighted by molar-refractivity contribution is 5.10. The van der Waals surface area contributed by atoms with Gasteiger partial charge in [0.15, 0.2) is 0 Å². The normalized spacial score (nSPS) is 28.2. The molecule has 1 aromatic heterocycles. The maximum atomic E-state index is 4.44. The number of imidazole rings is 1. The highest BCUT2D eigenvalue weighted by Crippen LogP contribution is 2.32. The second-order valence-electron chi connectivity index (χ2n) is 3.83. The molecule has 1 aliphatic rings. The van der Waals surface area contributed by atoms with Gasteiger partial charge < -0.3 is 9.88 Å². The van der Waals surface area contributed by atoms with Crippen LogP contribution >= 0.6 is 0 Å². The molecular weight excluding hydrogens is 162 g/mol. The third-order valence-electron chi connectivity index (χ3n) is 3.10. The van der Waals surface area contributed by atoms with E-state index in [-0.39, 0.29) is 5.54 Å². The minimum absolute atomic E-state index is 0.151. The summed E-state index contributed by atoms with van der Waals surface area (Å²) in [7, 11) is 2.07. The van der Waals surface area contributed by atoms with Gasteiger partial charge >= 0.3 is 0 Å². The molecule has 0 aromatic carbocycles. The van der Waals surface area contributed by atoms with E-state index >= 15 is 0 Å². The molecule has 0 bridgehead atoms. The average Bonchev–Trinajstić information content (AvgIpc) is 2.73. The molecule has 1 atom stereocenters. The number of hydrogen-bond acceptors (Lipinski definition) is 2. The summed E-state index contributed by atoms with van der Waals surface area (Å²) in [6.45, 7) is 3.35. The summed E-state index contributed by atoms with van der Waals surface area (Å²) in [5, 5.41) is 3.58. The van der Waals surface area contributed by atoms with Gasteiger partial charge in [-0.25, -0.2) is 4.98 Å². The van der Waals surface area contributed by atoms with Crippen LogP contribution in [-0.2, 0) is 12.6 Å². The van der Waals surface area contributed by atoms with Gasteiger partial charge in [-0.2, -0.15) is 0 Å². The number of rotatable bonds is 2. The van der Waals surface area contributed by atoms with Gasteiger partial charge in [0, 0.05) is 19.4 Å². The molecule has 0 spiro atoms. The zero-order valence-electron chi connectivity index (χ0n) is 8.38. The van der Waals surface area contributed by atoms with E-state index in [4.69, 9.17) is 0 Å². The predicted octanol–water partition coefficient (Wildman–Crippen LogP) is 1.41. The molecule has 3 nitrogen and oxygen atoms in total. The van der Waals surface area contributed by atoms with Crippen molar-refractivity contribution in [1.29, 1.82) is 0 Å². The number of aryl methyl sites for hydroxylation is 1. The molecule has 1 aliphatic heterocycles. The molecular formula is C10H17N3. The predicted molar refractivity (Wildman–Crippen MR) is 52.4 cm³/mol. The van der Waals surface area contributed by atoms with Crippen molar-refractivity contribution in [3.8, 4) is 0 Å². The van der Waals surface area contributed by atoms with E-state index in [0.717, 1.165) is 13.0 Å². The lowest BCUT2D eigenvalue weighted by atomic mass is 9.93. The standard InChI is InChI=1S/C10H17N3/c1-3-10(5-4-6-12-10)9-11-7-8-13(9)2/h7-8,12H,3-6H2,1-2H3. The minimum atomic E-state index is 0.151. The fourth-order valence-electron chi connectivity index (χ4n) is 2.28. The van der Waals surface area contributed by atoms with Crippen molar-refractivity contribution in [2.75, 3.05) is 6.54 Å². The Kier molecular flexibility index (Phi) is 2.12. The lowest BCUT2D eigenvalue weighted by Crippen LogP contribution is -2.38. The summed E-state index contributed by atoms with van der Waals surface area (Å²) >= 11 is 0. The van der Waals surface area contributed by atoms with Gasteiger partial charge in [0.2, 0.25) is 0 Å². The summed E-state index contributed by atoms with van der Waals surface area (Å²) in [5.74, 6) is 1.19.